The van der Waals surface area contributed by atoms with Crippen LogP contribution < -0.4 is 0 Å². The molecule has 0 unspecified atom stereocenters. The maximum absolute atomic E-state index is 10.2. The molecule has 0 aliphatic heterocycles. The zero-order valence-corrected chi connectivity index (χ0v) is 5.96. The van der Waals surface area contributed by atoms with Crippen LogP contribution in [0.1, 0.15) is 0 Å². The summed E-state index contributed by atoms with van der Waals surface area (Å²) in [5, 5.41) is 8.07. The largest absolute Gasteiger partial charge is 0.388 e. The first-order chi connectivity index (χ1) is 3.48. The fourth-order valence-corrected chi connectivity index (χ4v) is 0.269. The van der Waals surface area contributed by atoms with Crippen LogP contribution in [0.5, 0.6) is 0 Å². The molecule has 0 aliphatic rings. The highest BCUT2D eigenvalue weighted by Gasteiger charge is 2.28. The third kappa shape index (κ3) is 2.72. The molecule has 0 radical (unpaired) electrons. The molecule has 0 aromatic rings. The minimum Gasteiger partial charge on any atom is -0.388 e. The van der Waals surface area contributed by atoms with E-state index in [1.165, 1.54) is 0 Å². The fraction of sp³-hybridized carbons (Fsp3) is 0.667. The van der Waals surface area contributed by atoms with Crippen LogP contribution >= 0.6 is 34.8 Å². The number of rotatable bonds is 1. The molecule has 0 amide bonds. The van der Waals surface area contributed by atoms with Crippen molar-refractivity contribution in [2.45, 2.75) is 3.79 Å². The van der Waals surface area contributed by atoms with Gasteiger partial charge in [0.15, 0.2) is 0 Å². The van der Waals surface area contributed by atoms with Gasteiger partial charge in [0, 0.05) is 0 Å². The zero-order chi connectivity index (χ0) is 6.78. The quantitative estimate of drug-likeness (QED) is 0.605. The van der Waals surface area contributed by atoms with E-state index in [-0.39, 0.29) is 0 Å². The molecule has 0 aromatic heterocycles. The van der Waals surface area contributed by atoms with Crippen LogP contribution in [0.4, 0.5) is 0 Å². The van der Waals surface area contributed by atoms with Gasteiger partial charge in [-0.05, 0) is 0 Å². The minimum absolute atomic E-state index is 0.740. The maximum Gasteiger partial charge on any atom is 0.251 e. The van der Waals surface area contributed by atoms with Gasteiger partial charge in [-0.25, -0.2) is 0 Å². The highest BCUT2D eigenvalue weighted by atomic mass is 35.6. The van der Waals surface area contributed by atoms with Gasteiger partial charge >= 0.3 is 0 Å². The third-order valence-corrected chi connectivity index (χ3v) is 1.09. The molecule has 0 rings (SSSR count). The Bertz CT molecular complexity index is 95.2. The average Bonchev–Trinajstić information content (AvgIpc) is 1.62. The second kappa shape index (κ2) is 2.87. The lowest BCUT2D eigenvalue weighted by atomic mass is 10.5. The Morgan fingerprint density at radius 1 is 1.50 bits per heavy atom. The van der Waals surface area contributed by atoms with Gasteiger partial charge in [-0.3, -0.25) is 4.79 Å². The average molecular weight is 177 g/mol. The molecule has 48 valence electrons. The highest BCUT2D eigenvalue weighted by Crippen LogP contribution is 2.26. The van der Waals surface area contributed by atoms with E-state index in [0.717, 1.165) is 0 Å². The van der Waals surface area contributed by atoms with Crippen LogP contribution in [0.25, 0.3) is 0 Å². The van der Waals surface area contributed by atoms with Crippen LogP contribution in [0.15, 0.2) is 0 Å². The summed E-state index contributed by atoms with van der Waals surface area (Å²) in [6.07, 6.45) is 0. The van der Waals surface area contributed by atoms with E-state index in [4.69, 9.17) is 39.9 Å². The Morgan fingerprint density at radius 3 is 1.88 bits per heavy atom. The van der Waals surface area contributed by atoms with Crippen molar-refractivity contribution in [1.29, 1.82) is 0 Å². The smallest absolute Gasteiger partial charge is 0.251 e. The maximum atomic E-state index is 10.2. The number of carbonyl (C=O) groups excluding carboxylic acids is 1. The van der Waals surface area contributed by atoms with Crippen molar-refractivity contribution in [3.05, 3.63) is 0 Å². The SMILES string of the molecule is O=C(CO)C(Cl)(Cl)Cl. The van der Waals surface area contributed by atoms with Gasteiger partial charge in [-0.1, -0.05) is 34.8 Å². The van der Waals surface area contributed by atoms with Crippen molar-refractivity contribution in [3.63, 3.8) is 0 Å². The van der Waals surface area contributed by atoms with E-state index in [1.54, 1.807) is 0 Å². The first kappa shape index (κ1) is 8.50. The van der Waals surface area contributed by atoms with Gasteiger partial charge < -0.3 is 5.11 Å². The lowest BCUT2D eigenvalue weighted by Crippen LogP contribution is -2.21. The lowest BCUT2D eigenvalue weighted by Gasteiger charge is -2.04. The van der Waals surface area contributed by atoms with Crippen LogP contribution in [-0.4, -0.2) is 21.3 Å². The first-order valence-electron chi connectivity index (χ1n) is 1.69. The van der Waals surface area contributed by atoms with E-state index >= 15 is 0 Å². The Balaban J connectivity index is 3.82. The summed E-state index contributed by atoms with van der Waals surface area (Å²) in [4.78, 5) is 10.2. The topological polar surface area (TPSA) is 37.3 Å². The molecule has 5 heteroatoms. The molecule has 0 bridgehead atoms. The van der Waals surface area contributed by atoms with Gasteiger partial charge in [0.05, 0.1) is 0 Å². The van der Waals surface area contributed by atoms with Crippen molar-refractivity contribution in [1.82, 2.24) is 0 Å². The first-order valence-corrected chi connectivity index (χ1v) is 2.82. The van der Waals surface area contributed by atoms with Crippen molar-refractivity contribution >= 4 is 40.6 Å². The van der Waals surface area contributed by atoms with Gasteiger partial charge in [0.2, 0.25) is 5.78 Å². The number of hydrogen-bond donors (Lipinski definition) is 1. The van der Waals surface area contributed by atoms with E-state index in [0.29, 0.717) is 0 Å². The lowest BCUT2D eigenvalue weighted by molar-refractivity contribution is -0.120. The Labute approximate surface area is 61.3 Å². The van der Waals surface area contributed by atoms with Crippen molar-refractivity contribution < 1.29 is 9.90 Å². The Hall–Kier alpha value is 0.500. The van der Waals surface area contributed by atoms with Crippen LogP contribution in [0.3, 0.4) is 0 Å². The van der Waals surface area contributed by atoms with Crippen molar-refractivity contribution in [2.24, 2.45) is 0 Å². The van der Waals surface area contributed by atoms with E-state index in [1.807, 2.05) is 0 Å². The number of ketones is 1. The molecule has 0 atom stereocenters. The van der Waals surface area contributed by atoms with E-state index in [2.05, 4.69) is 0 Å². The molecular formula is C3H3Cl3O2. The van der Waals surface area contributed by atoms with Crippen LogP contribution in [0, 0.1) is 0 Å². The van der Waals surface area contributed by atoms with Crippen LogP contribution in [-0.2, 0) is 4.79 Å². The molecular weight excluding hydrogens is 174 g/mol. The van der Waals surface area contributed by atoms with Gasteiger partial charge in [0.25, 0.3) is 3.79 Å². The second-order valence-electron chi connectivity index (χ2n) is 1.08. The standard InChI is InChI=1S/C3H3Cl3O2/c4-3(5,6)2(8)1-7/h7H,1H2. The monoisotopic (exact) mass is 176 g/mol. The summed E-state index contributed by atoms with van der Waals surface area (Å²) < 4.78 is -1.96. The summed E-state index contributed by atoms with van der Waals surface area (Å²) in [5.41, 5.74) is 0. The van der Waals surface area contributed by atoms with Crippen LogP contribution in [0.2, 0.25) is 0 Å². The summed E-state index contributed by atoms with van der Waals surface area (Å²) in [5.74, 6) is -0.817. The number of aliphatic hydroxyl groups excluding tert-OH is 1. The molecule has 0 aliphatic carbocycles. The van der Waals surface area contributed by atoms with Crippen molar-refractivity contribution in [3.8, 4) is 0 Å². The number of halogens is 3. The number of Topliss-reactive ketones (excluding diaryl/α,β-unsaturated/α-hetero) is 1. The van der Waals surface area contributed by atoms with Gasteiger partial charge in [0.1, 0.15) is 6.61 Å². The van der Waals surface area contributed by atoms with Crippen molar-refractivity contribution in [2.75, 3.05) is 6.61 Å². The number of alkyl halides is 3. The normalized spacial score (nSPS) is 11.5. The second-order valence-corrected chi connectivity index (χ2v) is 3.36. The molecule has 8 heavy (non-hydrogen) atoms. The molecule has 0 heterocycles. The Kier molecular flexibility index (Phi) is 3.05. The number of hydrogen-bond acceptors (Lipinski definition) is 2. The Morgan fingerprint density at radius 2 is 1.88 bits per heavy atom. The number of aliphatic hydroxyl groups is 1. The molecule has 0 fully saturated rings. The fourth-order valence-electron chi connectivity index (χ4n) is 0.0896. The molecule has 0 saturated carbocycles. The predicted molar refractivity (Wildman–Crippen MR) is 32.4 cm³/mol. The number of carbonyl (C=O) groups is 1. The molecule has 0 spiro atoms. The molecule has 2 nitrogen and oxygen atoms in total. The summed E-state index contributed by atoms with van der Waals surface area (Å²) >= 11 is 15.0. The van der Waals surface area contributed by atoms with E-state index < -0.39 is 16.2 Å². The van der Waals surface area contributed by atoms with Gasteiger partial charge in [-0.2, -0.15) is 0 Å². The molecule has 0 aromatic carbocycles. The minimum atomic E-state index is -1.96. The molecule has 0 saturated heterocycles. The third-order valence-electron chi connectivity index (χ3n) is 0.460. The summed E-state index contributed by atoms with van der Waals surface area (Å²) in [6, 6.07) is 0. The summed E-state index contributed by atoms with van der Waals surface area (Å²) in [6.45, 7) is -0.740. The predicted octanol–water partition coefficient (Wildman–Crippen LogP) is 0.918. The zero-order valence-electron chi connectivity index (χ0n) is 3.70. The highest BCUT2D eigenvalue weighted by molar-refractivity contribution is 6.76. The van der Waals surface area contributed by atoms with E-state index in [9.17, 15) is 4.79 Å². The van der Waals surface area contributed by atoms with Gasteiger partial charge in [-0.15, -0.1) is 0 Å². The molecule has 1 N–H and O–H groups in total. The summed E-state index contributed by atoms with van der Waals surface area (Å²) in [7, 11) is 0.